The molecule has 0 atom stereocenters. The maximum atomic E-state index is 12.2. The van der Waals surface area contributed by atoms with E-state index in [4.69, 9.17) is 0 Å². The molecule has 3 nitrogen and oxygen atoms in total. The third-order valence-electron chi connectivity index (χ3n) is 6.32. The summed E-state index contributed by atoms with van der Waals surface area (Å²) in [5.41, 5.74) is 1.62. The van der Waals surface area contributed by atoms with Crippen LogP contribution in [0.25, 0.3) is 0 Å². The molecule has 2 aliphatic heterocycles. The number of fused-ring (bicyclic) bond motifs is 1. The average Bonchev–Trinajstić information content (AvgIpc) is 3.14. The van der Waals surface area contributed by atoms with Gasteiger partial charge in [-0.25, -0.2) is 0 Å². The number of carbonyl (C=O) groups is 1. The minimum absolute atomic E-state index is 0.232. The number of nitrogens with zero attached hydrogens (tertiary/aromatic N) is 1. The molecule has 1 N–H and O–H groups in total. The number of nitrogens with one attached hydrogen (secondary N) is 1. The highest BCUT2D eigenvalue weighted by atomic mass is 16.1. The highest BCUT2D eigenvalue weighted by Gasteiger charge is 2.55. The number of amides is 1. The van der Waals surface area contributed by atoms with E-state index >= 15 is 0 Å². The molecule has 26 heavy (non-hydrogen) atoms. The van der Waals surface area contributed by atoms with E-state index in [0.717, 1.165) is 25.4 Å². The van der Waals surface area contributed by atoms with Gasteiger partial charge in [0.25, 0.3) is 0 Å². The first-order valence-electron chi connectivity index (χ1n) is 10.8. The fraction of sp³-hybridized carbons (Fsp3) is 0.696. The van der Waals surface area contributed by atoms with Gasteiger partial charge in [-0.05, 0) is 30.7 Å². The van der Waals surface area contributed by atoms with Gasteiger partial charge in [0.15, 0.2) is 0 Å². The smallest absolute Gasteiger partial charge is 0.220 e. The van der Waals surface area contributed by atoms with Gasteiger partial charge >= 0.3 is 0 Å². The summed E-state index contributed by atoms with van der Waals surface area (Å²) >= 11 is 0. The molecular formula is C23H36N2O. The molecule has 0 aromatic heterocycles. The SMILES string of the molecule is CCCCCCCCCC(=O)NCC12CC(CN1Cc1ccccc1)C2. The molecule has 0 spiro atoms. The second kappa shape index (κ2) is 9.55. The number of benzene rings is 1. The second-order valence-electron chi connectivity index (χ2n) is 8.51. The van der Waals surface area contributed by atoms with Gasteiger partial charge < -0.3 is 5.32 Å². The largest absolute Gasteiger partial charge is 0.354 e. The van der Waals surface area contributed by atoms with E-state index in [1.807, 2.05) is 0 Å². The summed E-state index contributed by atoms with van der Waals surface area (Å²) in [6, 6.07) is 10.7. The minimum atomic E-state index is 0.232. The van der Waals surface area contributed by atoms with E-state index in [1.54, 1.807) is 0 Å². The number of hydrogen-bond acceptors (Lipinski definition) is 2. The van der Waals surface area contributed by atoms with Crippen LogP contribution in [0, 0.1) is 5.92 Å². The molecule has 1 amide bonds. The fourth-order valence-corrected chi connectivity index (χ4v) is 4.79. The minimum Gasteiger partial charge on any atom is -0.354 e. The highest BCUT2D eigenvalue weighted by Crippen LogP contribution is 2.50. The van der Waals surface area contributed by atoms with Crippen molar-refractivity contribution in [3.8, 4) is 0 Å². The van der Waals surface area contributed by atoms with E-state index in [0.29, 0.717) is 6.42 Å². The quantitative estimate of drug-likeness (QED) is 0.540. The summed E-state index contributed by atoms with van der Waals surface area (Å²) in [5.74, 6) is 1.10. The van der Waals surface area contributed by atoms with Gasteiger partial charge in [0.05, 0.1) is 0 Å². The maximum absolute atomic E-state index is 12.2. The summed E-state index contributed by atoms with van der Waals surface area (Å²) in [7, 11) is 0. The van der Waals surface area contributed by atoms with Crippen LogP contribution < -0.4 is 5.32 Å². The highest BCUT2D eigenvalue weighted by molar-refractivity contribution is 5.75. The van der Waals surface area contributed by atoms with E-state index < -0.39 is 0 Å². The van der Waals surface area contributed by atoms with E-state index in [-0.39, 0.29) is 11.4 Å². The number of carbonyl (C=O) groups excluding carboxylic acids is 1. The fourth-order valence-electron chi connectivity index (χ4n) is 4.79. The zero-order valence-corrected chi connectivity index (χ0v) is 16.5. The Morgan fingerprint density at radius 2 is 1.77 bits per heavy atom. The zero-order valence-electron chi connectivity index (χ0n) is 16.5. The normalized spacial score (nSPS) is 24.4. The predicted molar refractivity (Wildman–Crippen MR) is 108 cm³/mol. The average molecular weight is 357 g/mol. The van der Waals surface area contributed by atoms with Gasteiger partial charge in [-0.2, -0.15) is 0 Å². The monoisotopic (exact) mass is 356 g/mol. The van der Waals surface area contributed by atoms with Gasteiger partial charge in [0, 0.05) is 31.6 Å². The lowest BCUT2D eigenvalue weighted by atomic mass is 9.73. The Labute approximate surface area is 159 Å². The van der Waals surface area contributed by atoms with E-state index in [9.17, 15) is 4.79 Å². The Morgan fingerprint density at radius 3 is 2.50 bits per heavy atom. The third-order valence-corrected chi connectivity index (χ3v) is 6.32. The molecule has 3 heteroatoms. The first-order chi connectivity index (χ1) is 12.7. The van der Waals surface area contributed by atoms with Crippen LogP contribution in [0.15, 0.2) is 30.3 Å². The first-order valence-corrected chi connectivity index (χ1v) is 10.8. The van der Waals surface area contributed by atoms with Gasteiger partial charge in [0.1, 0.15) is 0 Å². The lowest BCUT2D eigenvalue weighted by Crippen LogP contribution is -2.53. The van der Waals surface area contributed by atoms with Crippen molar-refractivity contribution in [3.63, 3.8) is 0 Å². The molecule has 0 radical (unpaired) electrons. The molecule has 2 bridgehead atoms. The molecule has 3 aliphatic rings. The van der Waals surface area contributed by atoms with E-state index in [1.165, 1.54) is 63.5 Å². The van der Waals surface area contributed by atoms with Crippen molar-refractivity contribution in [2.45, 2.75) is 83.2 Å². The molecule has 1 saturated carbocycles. The molecule has 4 rings (SSSR count). The predicted octanol–water partition coefficient (Wildman–Crippen LogP) is 4.91. The summed E-state index contributed by atoms with van der Waals surface area (Å²) in [5, 5.41) is 3.25. The molecular weight excluding hydrogens is 320 g/mol. The Balaban J connectivity index is 1.34. The van der Waals surface area contributed by atoms with Crippen molar-refractivity contribution < 1.29 is 4.79 Å². The van der Waals surface area contributed by atoms with Crippen molar-refractivity contribution in [1.29, 1.82) is 0 Å². The third kappa shape index (κ3) is 5.09. The number of hydrogen-bond donors (Lipinski definition) is 1. The van der Waals surface area contributed by atoms with Crippen molar-refractivity contribution >= 4 is 5.91 Å². The maximum Gasteiger partial charge on any atom is 0.220 e. The first kappa shape index (κ1) is 19.4. The van der Waals surface area contributed by atoms with Crippen LogP contribution in [0.4, 0.5) is 0 Å². The van der Waals surface area contributed by atoms with Crippen LogP contribution in [-0.4, -0.2) is 29.4 Å². The molecule has 1 aromatic carbocycles. The molecule has 2 heterocycles. The van der Waals surface area contributed by atoms with Crippen LogP contribution in [0.3, 0.4) is 0 Å². The molecule has 2 saturated heterocycles. The Kier molecular flexibility index (Phi) is 7.13. The van der Waals surface area contributed by atoms with Crippen LogP contribution in [-0.2, 0) is 11.3 Å². The lowest BCUT2D eigenvalue weighted by molar-refractivity contribution is -0.122. The van der Waals surface area contributed by atoms with E-state index in [2.05, 4.69) is 47.5 Å². The summed E-state index contributed by atoms with van der Waals surface area (Å²) in [4.78, 5) is 14.8. The van der Waals surface area contributed by atoms with Crippen molar-refractivity contribution in [2.24, 2.45) is 5.92 Å². The molecule has 144 valence electrons. The Bertz CT molecular complexity index is 551. The van der Waals surface area contributed by atoms with Crippen molar-refractivity contribution in [3.05, 3.63) is 35.9 Å². The molecule has 0 unspecified atom stereocenters. The summed E-state index contributed by atoms with van der Waals surface area (Å²) in [6.07, 6.45) is 12.1. The Hall–Kier alpha value is -1.35. The number of rotatable bonds is 12. The topological polar surface area (TPSA) is 32.3 Å². The molecule has 1 aromatic rings. The number of unbranched alkanes of at least 4 members (excludes halogenated alkanes) is 6. The van der Waals surface area contributed by atoms with Crippen LogP contribution in [0.1, 0.15) is 76.7 Å². The molecule has 3 fully saturated rings. The standard InChI is InChI=1S/C23H36N2O/c1-2-3-4-5-6-7-11-14-22(26)24-19-23-15-21(16-23)18-25(23)17-20-12-9-8-10-13-20/h8-10,12-13,21H,2-7,11,14-19H2,1H3,(H,24,26). The Morgan fingerprint density at radius 1 is 1.08 bits per heavy atom. The summed E-state index contributed by atoms with van der Waals surface area (Å²) < 4.78 is 0. The van der Waals surface area contributed by atoms with Gasteiger partial charge in [0.2, 0.25) is 5.91 Å². The van der Waals surface area contributed by atoms with Gasteiger partial charge in [-0.1, -0.05) is 75.8 Å². The van der Waals surface area contributed by atoms with Crippen molar-refractivity contribution in [1.82, 2.24) is 10.2 Å². The van der Waals surface area contributed by atoms with Crippen molar-refractivity contribution in [2.75, 3.05) is 13.1 Å². The van der Waals surface area contributed by atoms with Crippen LogP contribution >= 0.6 is 0 Å². The summed E-state index contributed by atoms with van der Waals surface area (Å²) in [6.45, 7) is 5.30. The van der Waals surface area contributed by atoms with Crippen LogP contribution in [0.5, 0.6) is 0 Å². The van der Waals surface area contributed by atoms with Crippen LogP contribution in [0.2, 0.25) is 0 Å². The second-order valence-corrected chi connectivity index (χ2v) is 8.51. The molecule has 1 aliphatic carbocycles. The lowest BCUT2D eigenvalue weighted by Gasteiger charge is -2.42. The zero-order chi connectivity index (χ0) is 18.2. The van der Waals surface area contributed by atoms with Gasteiger partial charge in [-0.15, -0.1) is 0 Å². The van der Waals surface area contributed by atoms with Gasteiger partial charge in [-0.3, -0.25) is 9.69 Å².